The molecule has 1 saturated carbocycles. The minimum Gasteiger partial charge on any atom is -0.339 e. The molecule has 128 valence electrons. The molecule has 0 spiro atoms. The quantitative estimate of drug-likeness (QED) is 0.802. The Balaban J connectivity index is 1.38. The van der Waals surface area contributed by atoms with E-state index < -0.39 is 10.0 Å². The maximum Gasteiger partial charge on any atom is 0.232 e. The number of rotatable bonds is 6. The molecule has 2 aliphatic rings. The van der Waals surface area contributed by atoms with Crippen LogP contribution >= 0.6 is 0 Å². The van der Waals surface area contributed by atoms with Crippen molar-refractivity contribution in [3.8, 4) is 11.4 Å². The molecule has 24 heavy (non-hydrogen) atoms. The Bertz CT molecular complexity index is 809. The highest BCUT2D eigenvalue weighted by atomic mass is 32.2. The molecule has 0 bridgehead atoms. The predicted molar refractivity (Wildman–Crippen MR) is 89.7 cm³/mol. The van der Waals surface area contributed by atoms with E-state index in [0.717, 1.165) is 5.56 Å². The van der Waals surface area contributed by atoms with Gasteiger partial charge in [-0.15, -0.1) is 0 Å². The van der Waals surface area contributed by atoms with Crippen molar-refractivity contribution >= 4 is 10.0 Å². The van der Waals surface area contributed by atoms with Gasteiger partial charge in [0.25, 0.3) is 0 Å². The monoisotopic (exact) mass is 347 g/mol. The van der Waals surface area contributed by atoms with Crippen LogP contribution in [0.15, 0.2) is 34.9 Å². The largest absolute Gasteiger partial charge is 0.339 e. The van der Waals surface area contributed by atoms with E-state index in [1.165, 1.54) is 12.8 Å². The van der Waals surface area contributed by atoms with Crippen LogP contribution in [0.5, 0.6) is 0 Å². The fourth-order valence-corrected chi connectivity index (χ4v) is 5.13. The van der Waals surface area contributed by atoms with E-state index in [9.17, 15) is 8.42 Å². The van der Waals surface area contributed by atoms with Crippen LogP contribution in [0.2, 0.25) is 0 Å². The average Bonchev–Trinajstić information content (AvgIpc) is 3.26. The molecule has 6 nitrogen and oxygen atoms in total. The van der Waals surface area contributed by atoms with Crippen molar-refractivity contribution < 1.29 is 12.9 Å². The van der Waals surface area contributed by atoms with E-state index in [0.29, 0.717) is 30.7 Å². The lowest BCUT2D eigenvalue weighted by Crippen LogP contribution is -2.50. The van der Waals surface area contributed by atoms with Crippen molar-refractivity contribution in [1.29, 1.82) is 0 Å². The summed E-state index contributed by atoms with van der Waals surface area (Å²) in [5, 5.41) is 4.00. The summed E-state index contributed by atoms with van der Waals surface area (Å²) in [4.78, 5) is 4.42. The van der Waals surface area contributed by atoms with Gasteiger partial charge in [-0.1, -0.05) is 42.4 Å². The second-order valence-electron chi connectivity index (χ2n) is 6.93. The van der Waals surface area contributed by atoms with Crippen LogP contribution in [0.1, 0.15) is 31.6 Å². The van der Waals surface area contributed by atoms with E-state index in [1.54, 1.807) is 4.31 Å². The fraction of sp³-hybridized carbons (Fsp3) is 0.529. The first-order chi connectivity index (χ1) is 11.5. The highest BCUT2D eigenvalue weighted by molar-refractivity contribution is 7.89. The highest BCUT2D eigenvalue weighted by Gasteiger charge is 2.41. The molecule has 1 aliphatic heterocycles. The third-order valence-electron chi connectivity index (χ3n) is 4.96. The van der Waals surface area contributed by atoms with Gasteiger partial charge in [0.1, 0.15) is 0 Å². The molecule has 4 rings (SSSR count). The van der Waals surface area contributed by atoms with Crippen molar-refractivity contribution in [1.82, 2.24) is 14.4 Å². The SMILES string of the molecule is CC(CS(=O)(=O)N1CC(c2nc(-c3ccccc3)no2)C1)C1CC1. The van der Waals surface area contributed by atoms with E-state index in [2.05, 4.69) is 10.1 Å². The van der Waals surface area contributed by atoms with Gasteiger partial charge in [-0.3, -0.25) is 0 Å². The Labute approximate surface area is 141 Å². The molecule has 1 aromatic heterocycles. The topological polar surface area (TPSA) is 76.3 Å². The van der Waals surface area contributed by atoms with E-state index in [1.807, 2.05) is 37.3 Å². The first-order valence-electron chi connectivity index (χ1n) is 8.40. The third kappa shape index (κ3) is 3.10. The van der Waals surface area contributed by atoms with E-state index in [-0.39, 0.29) is 17.6 Å². The normalized spacial score (nSPS) is 20.7. The highest BCUT2D eigenvalue weighted by Crippen LogP contribution is 2.38. The minimum absolute atomic E-state index is 0.000897. The maximum atomic E-state index is 12.4. The lowest BCUT2D eigenvalue weighted by Gasteiger charge is -2.36. The molecule has 1 aliphatic carbocycles. The molecule has 1 atom stereocenters. The Morgan fingerprint density at radius 2 is 1.96 bits per heavy atom. The van der Waals surface area contributed by atoms with Gasteiger partial charge in [-0.25, -0.2) is 12.7 Å². The molecule has 0 radical (unpaired) electrons. The zero-order valence-corrected chi connectivity index (χ0v) is 14.4. The average molecular weight is 347 g/mol. The van der Waals surface area contributed by atoms with Crippen LogP contribution in [0.4, 0.5) is 0 Å². The first-order valence-corrected chi connectivity index (χ1v) is 10.0. The summed E-state index contributed by atoms with van der Waals surface area (Å²) in [5.41, 5.74) is 0.898. The summed E-state index contributed by atoms with van der Waals surface area (Å²) >= 11 is 0. The molecular weight excluding hydrogens is 326 g/mol. The van der Waals surface area contributed by atoms with Gasteiger partial charge in [0.15, 0.2) is 0 Å². The number of hydrogen-bond donors (Lipinski definition) is 0. The van der Waals surface area contributed by atoms with E-state index >= 15 is 0 Å². The third-order valence-corrected chi connectivity index (χ3v) is 7.00. The van der Waals surface area contributed by atoms with Gasteiger partial charge in [0, 0.05) is 18.7 Å². The molecule has 7 heteroatoms. The van der Waals surface area contributed by atoms with E-state index in [4.69, 9.17) is 4.52 Å². The first kappa shape index (κ1) is 15.8. The standard InChI is InChI=1S/C17H21N3O3S/c1-12(13-7-8-13)11-24(21,22)20-9-15(10-20)17-18-16(19-23-17)14-5-3-2-4-6-14/h2-6,12-13,15H,7-11H2,1H3. The smallest absolute Gasteiger partial charge is 0.232 e. The number of aromatic nitrogens is 2. The molecule has 1 saturated heterocycles. The summed E-state index contributed by atoms with van der Waals surface area (Å²) < 4.78 is 31.7. The van der Waals surface area contributed by atoms with Crippen molar-refractivity contribution in [2.75, 3.05) is 18.8 Å². The van der Waals surface area contributed by atoms with Gasteiger partial charge in [-0.05, 0) is 24.7 Å². The summed E-state index contributed by atoms with van der Waals surface area (Å²) in [5.74, 6) is 2.18. The van der Waals surface area contributed by atoms with Crippen LogP contribution in [0, 0.1) is 11.8 Å². The van der Waals surface area contributed by atoms with Crippen LogP contribution in [0.25, 0.3) is 11.4 Å². The Morgan fingerprint density at radius 1 is 1.25 bits per heavy atom. The summed E-state index contributed by atoms with van der Waals surface area (Å²) in [6.07, 6.45) is 2.34. The summed E-state index contributed by atoms with van der Waals surface area (Å²) in [6, 6.07) is 9.62. The van der Waals surface area contributed by atoms with Gasteiger partial charge in [-0.2, -0.15) is 4.98 Å². The lowest BCUT2D eigenvalue weighted by atomic mass is 10.0. The second kappa shape index (κ2) is 5.97. The zero-order valence-electron chi connectivity index (χ0n) is 13.6. The molecule has 1 aromatic carbocycles. The van der Waals surface area contributed by atoms with Crippen molar-refractivity contribution in [2.24, 2.45) is 11.8 Å². The minimum atomic E-state index is -3.17. The van der Waals surface area contributed by atoms with Gasteiger partial charge < -0.3 is 4.52 Å². The summed E-state index contributed by atoms with van der Waals surface area (Å²) in [6.45, 7) is 2.92. The number of sulfonamides is 1. The lowest BCUT2D eigenvalue weighted by molar-refractivity contribution is 0.215. The number of nitrogens with zero attached hydrogens (tertiary/aromatic N) is 3. The van der Waals surface area contributed by atoms with Crippen molar-refractivity contribution in [3.05, 3.63) is 36.2 Å². The van der Waals surface area contributed by atoms with Crippen LogP contribution in [0.3, 0.4) is 0 Å². The Morgan fingerprint density at radius 3 is 2.62 bits per heavy atom. The van der Waals surface area contributed by atoms with Crippen LogP contribution in [-0.2, 0) is 10.0 Å². The molecule has 2 fully saturated rings. The van der Waals surface area contributed by atoms with Gasteiger partial charge in [0.05, 0.1) is 11.7 Å². The van der Waals surface area contributed by atoms with Gasteiger partial charge in [0.2, 0.25) is 21.7 Å². The maximum absolute atomic E-state index is 12.4. The summed E-state index contributed by atoms with van der Waals surface area (Å²) in [7, 11) is -3.17. The van der Waals surface area contributed by atoms with Crippen molar-refractivity contribution in [3.63, 3.8) is 0 Å². The molecule has 2 aromatic rings. The zero-order chi connectivity index (χ0) is 16.7. The molecule has 2 heterocycles. The molecule has 0 N–H and O–H groups in total. The predicted octanol–water partition coefficient (Wildman–Crippen LogP) is 2.51. The Hall–Kier alpha value is -1.73. The van der Waals surface area contributed by atoms with Crippen LogP contribution < -0.4 is 0 Å². The van der Waals surface area contributed by atoms with Crippen LogP contribution in [-0.4, -0.2) is 41.7 Å². The fourth-order valence-electron chi connectivity index (χ4n) is 3.17. The molecular formula is C17H21N3O3S. The number of hydrogen-bond acceptors (Lipinski definition) is 5. The van der Waals surface area contributed by atoms with Gasteiger partial charge >= 0.3 is 0 Å². The molecule has 1 unspecified atom stereocenters. The number of benzene rings is 1. The Kier molecular flexibility index (Phi) is 3.92. The molecule has 0 amide bonds. The second-order valence-corrected chi connectivity index (χ2v) is 8.94. The van der Waals surface area contributed by atoms with Crippen molar-refractivity contribution in [2.45, 2.75) is 25.7 Å².